The minimum atomic E-state index is -0.206. The Bertz CT molecular complexity index is 253. The van der Waals surface area contributed by atoms with Crippen molar-refractivity contribution >= 4 is 24.2 Å². The fourth-order valence-electron chi connectivity index (χ4n) is 2.03. The molecule has 2 aliphatic rings. The summed E-state index contributed by atoms with van der Waals surface area (Å²) in [4.78, 5) is 8.31. The van der Waals surface area contributed by atoms with E-state index in [0.717, 1.165) is 12.8 Å². The van der Waals surface area contributed by atoms with Crippen molar-refractivity contribution in [3.8, 4) is 0 Å². The lowest BCUT2D eigenvalue weighted by Gasteiger charge is -2.29. The molecule has 0 aromatic heterocycles. The molecule has 1 saturated carbocycles. The first-order chi connectivity index (χ1) is 5.73. The molecule has 0 atom stereocenters. The number of amidine groups is 1. The van der Waals surface area contributed by atoms with E-state index in [2.05, 4.69) is 9.98 Å². The fourth-order valence-corrected chi connectivity index (χ4v) is 2.03. The Balaban J connectivity index is 0.000000845. The average Bonchev–Trinajstić information content (AvgIpc) is 2.29. The van der Waals surface area contributed by atoms with Crippen molar-refractivity contribution in [2.75, 3.05) is 0 Å². The van der Waals surface area contributed by atoms with Crippen molar-refractivity contribution in [1.82, 2.24) is 0 Å². The molecule has 4 nitrogen and oxygen atoms in total. The van der Waals surface area contributed by atoms with E-state index < -0.39 is 0 Å². The number of aliphatic imine (C=N–C) groups is 2. The van der Waals surface area contributed by atoms with Crippen molar-refractivity contribution in [2.45, 2.75) is 37.6 Å². The lowest BCUT2D eigenvalue weighted by atomic mass is 9.82. The number of hydrogen-bond acceptors (Lipinski definition) is 4. The summed E-state index contributed by atoms with van der Waals surface area (Å²) in [5.41, 5.74) is 11.1. The van der Waals surface area contributed by atoms with Gasteiger partial charge in [0.1, 0.15) is 11.4 Å². The van der Waals surface area contributed by atoms with Gasteiger partial charge in [0.15, 0.2) is 0 Å². The van der Waals surface area contributed by atoms with E-state index in [0.29, 0.717) is 11.8 Å². The Labute approximate surface area is 83.9 Å². The van der Waals surface area contributed by atoms with Gasteiger partial charge >= 0.3 is 0 Å². The van der Waals surface area contributed by atoms with Crippen molar-refractivity contribution in [3.05, 3.63) is 0 Å². The van der Waals surface area contributed by atoms with Gasteiger partial charge in [-0.25, -0.2) is 4.99 Å². The molecule has 0 amide bonds. The highest BCUT2D eigenvalue weighted by molar-refractivity contribution is 6.05. The van der Waals surface area contributed by atoms with Crippen LogP contribution < -0.4 is 11.5 Å². The number of rotatable bonds is 0. The summed E-state index contributed by atoms with van der Waals surface area (Å²) in [6.07, 6.45) is 5.69. The van der Waals surface area contributed by atoms with Crippen LogP contribution in [0.15, 0.2) is 9.98 Å². The molecular weight excluding hydrogens is 188 g/mol. The third kappa shape index (κ3) is 1.63. The number of nitrogens with zero attached hydrogens (tertiary/aromatic N) is 2. The van der Waals surface area contributed by atoms with E-state index in [9.17, 15) is 0 Å². The van der Waals surface area contributed by atoms with Gasteiger partial charge < -0.3 is 11.5 Å². The summed E-state index contributed by atoms with van der Waals surface area (Å²) < 4.78 is 0. The second kappa shape index (κ2) is 3.54. The Hall–Kier alpha value is -0.770. The molecule has 0 bridgehead atoms. The first-order valence-electron chi connectivity index (χ1n) is 4.43. The van der Waals surface area contributed by atoms with Crippen molar-refractivity contribution < 1.29 is 0 Å². The quantitative estimate of drug-likeness (QED) is 0.610. The van der Waals surface area contributed by atoms with E-state index in [1.54, 1.807) is 0 Å². The van der Waals surface area contributed by atoms with Crippen LogP contribution in [0.4, 0.5) is 0 Å². The molecule has 1 aliphatic heterocycles. The van der Waals surface area contributed by atoms with Gasteiger partial charge in [-0.1, -0.05) is 19.3 Å². The van der Waals surface area contributed by atoms with Crippen LogP contribution in [0.1, 0.15) is 32.1 Å². The molecule has 0 aromatic rings. The SMILES string of the molecule is Cl.NC1=NC2(CCCCC2)C(N)=N1. The minimum absolute atomic E-state index is 0. The average molecular weight is 203 g/mol. The molecule has 0 saturated heterocycles. The van der Waals surface area contributed by atoms with E-state index in [4.69, 9.17) is 11.5 Å². The molecule has 1 heterocycles. The smallest absolute Gasteiger partial charge is 0.218 e. The maximum absolute atomic E-state index is 5.79. The predicted octanol–water partition coefficient (Wildman–Crippen LogP) is 0.797. The summed E-state index contributed by atoms with van der Waals surface area (Å²) in [6, 6.07) is 0. The molecule has 0 unspecified atom stereocenters. The zero-order valence-corrected chi connectivity index (χ0v) is 8.31. The Morgan fingerprint density at radius 2 is 1.69 bits per heavy atom. The maximum atomic E-state index is 5.79. The van der Waals surface area contributed by atoms with E-state index in [1.807, 2.05) is 0 Å². The monoisotopic (exact) mass is 202 g/mol. The van der Waals surface area contributed by atoms with E-state index >= 15 is 0 Å². The lowest BCUT2D eigenvalue weighted by molar-refractivity contribution is 0.385. The van der Waals surface area contributed by atoms with Crippen LogP contribution in [0.25, 0.3) is 0 Å². The molecule has 4 N–H and O–H groups in total. The normalized spacial score (nSPS) is 24.9. The number of halogens is 1. The number of nitrogens with two attached hydrogens (primary N) is 2. The first-order valence-corrected chi connectivity index (χ1v) is 4.43. The fraction of sp³-hybridized carbons (Fsp3) is 0.750. The highest BCUT2D eigenvalue weighted by atomic mass is 35.5. The second-order valence-electron chi connectivity index (χ2n) is 3.56. The Morgan fingerprint density at radius 3 is 2.15 bits per heavy atom. The molecule has 0 radical (unpaired) electrons. The molecule has 1 spiro atoms. The number of hydrogen-bond donors (Lipinski definition) is 2. The predicted molar refractivity (Wildman–Crippen MR) is 56.3 cm³/mol. The van der Waals surface area contributed by atoms with Gasteiger partial charge in [0.25, 0.3) is 0 Å². The summed E-state index contributed by atoms with van der Waals surface area (Å²) in [7, 11) is 0. The van der Waals surface area contributed by atoms with Crippen LogP contribution in [0.2, 0.25) is 0 Å². The van der Waals surface area contributed by atoms with Gasteiger partial charge in [0.2, 0.25) is 5.96 Å². The van der Waals surface area contributed by atoms with Crippen LogP contribution >= 0.6 is 12.4 Å². The van der Waals surface area contributed by atoms with Gasteiger partial charge in [-0.05, 0) is 12.8 Å². The second-order valence-corrected chi connectivity index (χ2v) is 3.56. The van der Waals surface area contributed by atoms with Gasteiger partial charge in [-0.3, -0.25) is 0 Å². The van der Waals surface area contributed by atoms with Gasteiger partial charge in [-0.15, -0.1) is 12.4 Å². The van der Waals surface area contributed by atoms with Crippen molar-refractivity contribution in [3.63, 3.8) is 0 Å². The molecule has 5 heteroatoms. The van der Waals surface area contributed by atoms with E-state index in [1.165, 1.54) is 19.3 Å². The van der Waals surface area contributed by atoms with Gasteiger partial charge in [-0.2, -0.15) is 4.99 Å². The third-order valence-electron chi connectivity index (χ3n) is 2.72. The maximum Gasteiger partial charge on any atom is 0.218 e. The highest BCUT2D eigenvalue weighted by Crippen LogP contribution is 2.33. The molecule has 2 rings (SSSR count). The first kappa shape index (κ1) is 10.3. The van der Waals surface area contributed by atoms with E-state index in [-0.39, 0.29) is 17.9 Å². The van der Waals surface area contributed by atoms with Crippen LogP contribution in [-0.4, -0.2) is 17.3 Å². The summed E-state index contributed by atoms with van der Waals surface area (Å²) in [6.45, 7) is 0. The summed E-state index contributed by atoms with van der Waals surface area (Å²) in [5.74, 6) is 0.981. The molecule has 1 aliphatic carbocycles. The third-order valence-corrected chi connectivity index (χ3v) is 2.72. The summed E-state index contributed by atoms with van der Waals surface area (Å²) in [5, 5.41) is 0. The van der Waals surface area contributed by atoms with Crippen LogP contribution in [0.5, 0.6) is 0 Å². The minimum Gasteiger partial charge on any atom is -0.385 e. The number of guanidine groups is 1. The molecule has 74 valence electrons. The zero-order valence-electron chi connectivity index (χ0n) is 7.49. The van der Waals surface area contributed by atoms with Crippen LogP contribution in [0.3, 0.4) is 0 Å². The van der Waals surface area contributed by atoms with Crippen molar-refractivity contribution in [2.24, 2.45) is 21.5 Å². The van der Waals surface area contributed by atoms with Crippen LogP contribution in [0, 0.1) is 0 Å². The Morgan fingerprint density at radius 1 is 1.08 bits per heavy atom. The van der Waals surface area contributed by atoms with Crippen molar-refractivity contribution in [1.29, 1.82) is 0 Å². The molecular formula is C8H15ClN4. The van der Waals surface area contributed by atoms with Crippen LogP contribution in [-0.2, 0) is 0 Å². The topological polar surface area (TPSA) is 76.8 Å². The van der Waals surface area contributed by atoms with Gasteiger partial charge in [0, 0.05) is 0 Å². The standard InChI is InChI=1S/C8H14N4.ClH/c9-6-8(12-7(10)11-6)4-2-1-3-5-8;/h1-5H2,(H4,9,10,11,12);1H. The summed E-state index contributed by atoms with van der Waals surface area (Å²) >= 11 is 0. The zero-order chi connectivity index (χ0) is 8.60. The highest BCUT2D eigenvalue weighted by Gasteiger charge is 2.39. The lowest BCUT2D eigenvalue weighted by Crippen LogP contribution is -2.41. The molecule has 13 heavy (non-hydrogen) atoms. The largest absolute Gasteiger partial charge is 0.385 e. The molecule has 0 aromatic carbocycles. The Kier molecular flexibility index (Phi) is 2.81. The molecule has 1 fully saturated rings. The van der Waals surface area contributed by atoms with Gasteiger partial charge in [0.05, 0.1) is 0 Å².